The molecule has 0 spiro atoms. The standard InChI is InChI=1S/C12H20O2/c1-9-3-10(2)6-11(4-9,8-13)7-12(10,14)5-9/h13-14H,3-8H2,1-2H3. The van der Waals surface area contributed by atoms with E-state index >= 15 is 0 Å². The molecule has 0 amide bonds. The summed E-state index contributed by atoms with van der Waals surface area (Å²) in [6.45, 7) is 4.77. The highest BCUT2D eigenvalue weighted by Gasteiger charge is 2.72. The van der Waals surface area contributed by atoms with Gasteiger partial charge in [-0.2, -0.15) is 0 Å². The summed E-state index contributed by atoms with van der Waals surface area (Å²) in [5, 5.41) is 20.2. The summed E-state index contributed by atoms with van der Waals surface area (Å²) in [6, 6.07) is 0. The zero-order chi connectivity index (χ0) is 10.2. The maximum Gasteiger partial charge on any atom is 0.0712 e. The predicted octanol–water partition coefficient (Wildman–Crippen LogP) is 1.70. The van der Waals surface area contributed by atoms with Crippen LogP contribution in [0.5, 0.6) is 0 Å². The van der Waals surface area contributed by atoms with Crippen LogP contribution >= 0.6 is 0 Å². The average Bonchev–Trinajstić information content (AvgIpc) is 2.22. The van der Waals surface area contributed by atoms with Gasteiger partial charge in [-0.15, -0.1) is 0 Å². The second kappa shape index (κ2) is 2.05. The molecule has 4 aliphatic carbocycles. The summed E-state index contributed by atoms with van der Waals surface area (Å²) in [5.74, 6) is 0. The van der Waals surface area contributed by atoms with E-state index in [2.05, 4.69) is 13.8 Å². The molecule has 0 radical (unpaired) electrons. The Morgan fingerprint density at radius 3 is 2.21 bits per heavy atom. The van der Waals surface area contributed by atoms with Crippen LogP contribution in [0.15, 0.2) is 0 Å². The summed E-state index contributed by atoms with van der Waals surface area (Å²) < 4.78 is 0. The molecular weight excluding hydrogens is 176 g/mol. The third-order valence-corrected chi connectivity index (χ3v) is 5.23. The molecule has 0 aromatic rings. The normalized spacial score (nSPS) is 65.1. The van der Waals surface area contributed by atoms with E-state index in [1.807, 2.05) is 0 Å². The summed E-state index contributed by atoms with van der Waals surface area (Å²) >= 11 is 0. The Labute approximate surface area is 85.3 Å². The Hall–Kier alpha value is -0.0800. The van der Waals surface area contributed by atoms with Crippen molar-refractivity contribution in [1.29, 1.82) is 0 Å². The van der Waals surface area contributed by atoms with Gasteiger partial charge >= 0.3 is 0 Å². The fourth-order valence-electron chi connectivity index (χ4n) is 5.42. The van der Waals surface area contributed by atoms with Gasteiger partial charge < -0.3 is 10.2 Å². The van der Waals surface area contributed by atoms with Crippen molar-refractivity contribution < 1.29 is 10.2 Å². The molecule has 4 aliphatic rings. The van der Waals surface area contributed by atoms with Crippen molar-refractivity contribution in [3.05, 3.63) is 0 Å². The van der Waals surface area contributed by atoms with E-state index in [0.29, 0.717) is 5.41 Å². The van der Waals surface area contributed by atoms with Crippen molar-refractivity contribution >= 4 is 0 Å². The first kappa shape index (κ1) is 9.17. The van der Waals surface area contributed by atoms with Crippen LogP contribution in [0, 0.1) is 16.2 Å². The predicted molar refractivity (Wildman–Crippen MR) is 53.8 cm³/mol. The molecule has 0 aliphatic heterocycles. The van der Waals surface area contributed by atoms with Gasteiger partial charge in [-0.3, -0.25) is 0 Å². The molecule has 4 saturated carbocycles. The van der Waals surface area contributed by atoms with Gasteiger partial charge in [0.1, 0.15) is 0 Å². The van der Waals surface area contributed by atoms with Gasteiger partial charge in [0.2, 0.25) is 0 Å². The number of rotatable bonds is 1. The number of hydrogen-bond donors (Lipinski definition) is 2. The van der Waals surface area contributed by atoms with Crippen molar-refractivity contribution in [3.63, 3.8) is 0 Å². The van der Waals surface area contributed by atoms with Crippen molar-refractivity contribution in [2.24, 2.45) is 16.2 Å². The van der Waals surface area contributed by atoms with E-state index in [4.69, 9.17) is 0 Å². The summed E-state index contributed by atoms with van der Waals surface area (Å²) in [7, 11) is 0. The third kappa shape index (κ3) is 0.809. The minimum Gasteiger partial charge on any atom is -0.396 e. The second-order valence-corrected chi connectivity index (χ2v) is 6.94. The van der Waals surface area contributed by atoms with Crippen LogP contribution in [-0.4, -0.2) is 22.4 Å². The molecule has 0 saturated heterocycles. The fraction of sp³-hybridized carbons (Fsp3) is 1.00. The molecule has 4 unspecified atom stereocenters. The summed E-state index contributed by atoms with van der Waals surface area (Å²) in [5.41, 5.74) is -0.0387. The molecule has 4 fully saturated rings. The SMILES string of the molecule is CC12CC3(CO)CC(C)(C1)C(O)(C2)C3. The zero-order valence-corrected chi connectivity index (χ0v) is 9.14. The highest BCUT2D eigenvalue weighted by molar-refractivity contribution is 5.23. The largest absolute Gasteiger partial charge is 0.396 e. The fourth-order valence-corrected chi connectivity index (χ4v) is 5.42. The number of aliphatic hydroxyl groups excluding tert-OH is 1. The lowest BCUT2D eigenvalue weighted by molar-refractivity contribution is -0.0507. The van der Waals surface area contributed by atoms with E-state index in [9.17, 15) is 10.2 Å². The smallest absolute Gasteiger partial charge is 0.0712 e. The van der Waals surface area contributed by atoms with Gasteiger partial charge in [-0.05, 0) is 48.3 Å². The Morgan fingerprint density at radius 1 is 1.00 bits per heavy atom. The molecule has 14 heavy (non-hydrogen) atoms. The third-order valence-electron chi connectivity index (χ3n) is 5.23. The van der Waals surface area contributed by atoms with Gasteiger partial charge in [0, 0.05) is 6.61 Å². The average molecular weight is 196 g/mol. The Balaban J connectivity index is 2.10. The molecule has 2 nitrogen and oxygen atoms in total. The molecule has 4 rings (SSSR count). The molecule has 2 heteroatoms. The van der Waals surface area contributed by atoms with Crippen molar-refractivity contribution in [2.45, 2.75) is 51.6 Å². The van der Waals surface area contributed by atoms with Gasteiger partial charge in [0.05, 0.1) is 5.60 Å². The summed E-state index contributed by atoms with van der Waals surface area (Å²) in [6.07, 6.45) is 5.09. The van der Waals surface area contributed by atoms with Crippen LogP contribution in [0.1, 0.15) is 46.0 Å². The highest BCUT2D eigenvalue weighted by atomic mass is 16.3. The molecular formula is C12H20O2. The Bertz CT molecular complexity index is 279. The van der Waals surface area contributed by atoms with Crippen LogP contribution in [-0.2, 0) is 0 Å². The second-order valence-electron chi connectivity index (χ2n) is 6.94. The van der Waals surface area contributed by atoms with Crippen LogP contribution in [0.2, 0.25) is 0 Å². The minimum absolute atomic E-state index is 0.0503. The Kier molecular flexibility index (Phi) is 1.34. The maximum atomic E-state index is 10.6. The Morgan fingerprint density at radius 2 is 1.71 bits per heavy atom. The molecule has 4 bridgehead atoms. The lowest BCUT2D eigenvalue weighted by Gasteiger charge is -2.44. The van der Waals surface area contributed by atoms with Gasteiger partial charge in [0.25, 0.3) is 0 Å². The first-order valence-corrected chi connectivity index (χ1v) is 5.68. The minimum atomic E-state index is -0.470. The van der Waals surface area contributed by atoms with Crippen molar-refractivity contribution in [2.75, 3.05) is 6.61 Å². The molecule has 2 N–H and O–H groups in total. The molecule has 80 valence electrons. The zero-order valence-electron chi connectivity index (χ0n) is 9.14. The van der Waals surface area contributed by atoms with Crippen LogP contribution < -0.4 is 0 Å². The topological polar surface area (TPSA) is 40.5 Å². The van der Waals surface area contributed by atoms with Crippen molar-refractivity contribution in [3.8, 4) is 0 Å². The number of hydrogen-bond acceptors (Lipinski definition) is 2. The van der Waals surface area contributed by atoms with E-state index in [-0.39, 0.29) is 17.4 Å². The van der Waals surface area contributed by atoms with E-state index in [0.717, 1.165) is 32.1 Å². The van der Waals surface area contributed by atoms with Gasteiger partial charge in [0.15, 0.2) is 0 Å². The van der Waals surface area contributed by atoms with Gasteiger partial charge in [-0.25, -0.2) is 0 Å². The van der Waals surface area contributed by atoms with Gasteiger partial charge in [-0.1, -0.05) is 13.8 Å². The lowest BCUT2D eigenvalue weighted by atomic mass is 9.61. The summed E-state index contributed by atoms with van der Waals surface area (Å²) in [4.78, 5) is 0. The van der Waals surface area contributed by atoms with Crippen LogP contribution in [0.25, 0.3) is 0 Å². The van der Waals surface area contributed by atoms with Crippen molar-refractivity contribution in [1.82, 2.24) is 0 Å². The van der Waals surface area contributed by atoms with E-state index in [1.165, 1.54) is 0 Å². The number of aliphatic hydroxyl groups is 2. The first-order valence-electron chi connectivity index (χ1n) is 5.68. The molecule has 0 aromatic carbocycles. The van der Waals surface area contributed by atoms with E-state index in [1.54, 1.807) is 0 Å². The molecule has 0 aromatic heterocycles. The first-order chi connectivity index (χ1) is 6.35. The lowest BCUT2D eigenvalue weighted by Crippen LogP contribution is -2.40. The quantitative estimate of drug-likeness (QED) is 0.670. The molecule has 0 heterocycles. The van der Waals surface area contributed by atoms with Crippen LogP contribution in [0.3, 0.4) is 0 Å². The molecule has 4 atom stereocenters. The van der Waals surface area contributed by atoms with Crippen LogP contribution in [0.4, 0.5) is 0 Å². The maximum absolute atomic E-state index is 10.6. The van der Waals surface area contributed by atoms with E-state index < -0.39 is 5.60 Å². The highest BCUT2D eigenvalue weighted by Crippen LogP contribution is 2.75. The monoisotopic (exact) mass is 196 g/mol.